The van der Waals surface area contributed by atoms with Crippen molar-refractivity contribution < 1.29 is 9.53 Å². The number of carbonyl (C=O) groups is 1. The Morgan fingerprint density at radius 3 is 2.30 bits per heavy atom. The smallest absolute Gasteiger partial charge is 0.200 e. The van der Waals surface area contributed by atoms with Crippen LogP contribution < -0.4 is 4.74 Å². The second-order valence-corrected chi connectivity index (χ2v) is 6.85. The molecule has 0 aliphatic heterocycles. The Labute approximate surface area is 142 Å². The minimum absolute atomic E-state index is 0.00366. The Kier molecular flexibility index (Phi) is 5.41. The van der Waals surface area contributed by atoms with Gasteiger partial charge in [-0.15, -0.1) is 0 Å². The number of hydrogen-bond donors (Lipinski definition) is 0. The number of ether oxygens (including phenoxy) is 1. The molecule has 0 aliphatic rings. The Balaban J connectivity index is 2.14. The standard InChI is InChI=1S/C15H11Br3O2/c1-9-4-2-3-5-11(9)14(19)8-20-15-12(17)6-10(16)7-13(15)18/h2-7H,8H2,1H3. The summed E-state index contributed by atoms with van der Waals surface area (Å²) in [6.07, 6.45) is 0. The molecule has 0 unspecified atom stereocenters. The van der Waals surface area contributed by atoms with Crippen molar-refractivity contribution in [2.24, 2.45) is 0 Å². The van der Waals surface area contributed by atoms with Crippen molar-refractivity contribution in [3.05, 3.63) is 60.9 Å². The van der Waals surface area contributed by atoms with Crippen molar-refractivity contribution in [3.8, 4) is 5.75 Å². The molecule has 0 saturated carbocycles. The van der Waals surface area contributed by atoms with Crippen LogP contribution in [0.15, 0.2) is 49.8 Å². The molecule has 0 bridgehead atoms. The lowest BCUT2D eigenvalue weighted by molar-refractivity contribution is 0.0920. The largest absolute Gasteiger partial charge is 0.483 e. The second-order valence-electron chi connectivity index (χ2n) is 4.23. The third-order valence-corrected chi connectivity index (χ3v) is 4.39. The summed E-state index contributed by atoms with van der Waals surface area (Å²) in [4.78, 5) is 12.2. The van der Waals surface area contributed by atoms with Gasteiger partial charge in [-0.3, -0.25) is 4.79 Å². The van der Waals surface area contributed by atoms with E-state index in [4.69, 9.17) is 4.74 Å². The number of aryl methyl sites for hydroxylation is 1. The van der Waals surface area contributed by atoms with Gasteiger partial charge in [-0.1, -0.05) is 40.2 Å². The summed E-state index contributed by atoms with van der Waals surface area (Å²) < 4.78 is 8.13. The summed E-state index contributed by atoms with van der Waals surface area (Å²) >= 11 is 10.2. The molecule has 2 rings (SSSR count). The zero-order valence-electron chi connectivity index (χ0n) is 10.6. The maximum absolute atomic E-state index is 12.2. The summed E-state index contributed by atoms with van der Waals surface area (Å²) in [5.74, 6) is 0.583. The molecule has 0 N–H and O–H groups in total. The summed E-state index contributed by atoms with van der Waals surface area (Å²) in [5, 5.41) is 0. The van der Waals surface area contributed by atoms with Crippen LogP contribution in [-0.4, -0.2) is 12.4 Å². The molecular weight excluding hydrogens is 452 g/mol. The van der Waals surface area contributed by atoms with Gasteiger partial charge in [-0.05, 0) is 56.5 Å². The summed E-state index contributed by atoms with van der Waals surface area (Å²) in [6.45, 7) is 1.92. The van der Waals surface area contributed by atoms with Crippen LogP contribution in [0.2, 0.25) is 0 Å². The van der Waals surface area contributed by atoms with Gasteiger partial charge in [0.25, 0.3) is 0 Å². The number of hydrogen-bond acceptors (Lipinski definition) is 2. The highest BCUT2D eigenvalue weighted by atomic mass is 79.9. The van der Waals surface area contributed by atoms with Gasteiger partial charge >= 0.3 is 0 Å². The molecule has 0 aliphatic carbocycles. The first-order valence-corrected chi connectivity index (χ1v) is 8.23. The summed E-state index contributed by atoms with van der Waals surface area (Å²) in [7, 11) is 0. The van der Waals surface area contributed by atoms with Gasteiger partial charge in [0.15, 0.2) is 12.4 Å². The SMILES string of the molecule is Cc1ccccc1C(=O)COc1c(Br)cc(Br)cc1Br. The molecule has 2 aromatic carbocycles. The number of benzene rings is 2. The van der Waals surface area contributed by atoms with Gasteiger partial charge < -0.3 is 4.74 Å². The van der Waals surface area contributed by atoms with Crippen molar-refractivity contribution in [1.82, 2.24) is 0 Å². The molecule has 20 heavy (non-hydrogen) atoms. The first-order valence-electron chi connectivity index (χ1n) is 5.85. The Morgan fingerprint density at radius 2 is 1.70 bits per heavy atom. The molecule has 104 valence electrons. The van der Waals surface area contributed by atoms with Crippen molar-refractivity contribution in [2.75, 3.05) is 6.61 Å². The molecule has 5 heteroatoms. The molecule has 0 aromatic heterocycles. The van der Waals surface area contributed by atoms with Crippen LogP contribution >= 0.6 is 47.8 Å². The van der Waals surface area contributed by atoms with Crippen LogP contribution in [0.3, 0.4) is 0 Å². The molecule has 0 atom stereocenters. The van der Waals surface area contributed by atoms with Crippen LogP contribution in [0, 0.1) is 6.92 Å². The fraction of sp³-hybridized carbons (Fsp3) is 0.133. The average molecular weight is 463 g/mol. The molecule has 2 aromatic rings. The first kappa shape index (κ1) is 15.7. The van der Waals surface area contributed by atoms with Crippen LogP contribution in [0.4, 0.5) is 0 Å². The number of ketones is 1. The molecule has 0 fully saturated rings. The third-order valence-electron chi connectivity index (χ3n) is 2.76. The zero-order chi connectivity index (χ0) is 14.7. The van der Waals surface area contributed by atoms with E-state index in [9.17, 15) is 4.79 Å². The molecule has 2 nitrogen and oxygen atoms in total. The summed E-state index contributed by atoms with van der Waals surface area (Å²) in [5.41, 5.74) is 1.65. The van der Waals surface area contributed by atoms with Gasteiger partial charge in [-0.2, -0.15) is 0 Å². The van der Waals surface area contributed by atoms with E-state index in [1.54, 1.807) is 0 Å². The van der Waals surface area contributed by atoms with Crippen molar-refractivity contribution in [1.29, 1.82) is 0 Å². The lowest BCUT2D eigenvalue weighted by Gasteiger charge is -2.11. The number of carbonyl (C=O) groups excluding carboxylic acids is 1. The highest BCUT2D eigenvalue weighted by Gasteiger charge is 2.13. The Morgan fingerprint density at radius 1 is 1.10 bits per heavy atom. The first-order chi connectivity index (χ1) is 9.49. The number of halogens is 3. The minimum Gasteiger partial charge on any atom is -0.483 e. The molecular formula is C15H11Br3O2. The van der Waals surface area contributed by atoms with E-state index in [0.29, 0.717) is 11.3 Å². The van der Waals surface area contributed by atoms with Gasteiger partial charge in [0.05, 0.1) is 8.95 Å². The molecule has 0 amide bonds. The Bertz CT molecular complexity index is 630. The predicted octanol–water partition coefficient (Wildman–Crippen LogP) is 5.54. The maximum atomic E-state index is 12.2. The molecule has 0 radical (unpaired) electrons. The van der Waals surface area contributed by atoms with E-state index in [1.807, 2.05) is 43.3 Å². The van der Waals surface area contributed by atoms with Gasteiger partial charge in [-0.25, -0.2) is 0 Å². The number of Topliss-reactive ketones (excluding diaryl/α,β-unsaturated/α-hetero) is 1. The van der Waals surface area contributed by atoms with Crippen LogP contribution in [-0.2, 0) is 0 Å². The van der Waals surface area contributed by atoms with Crippen LogP contribution in [0.25, 0.3) is 0 Å². The minimum atomic E-state index is -0.0372. The maximum Gasteiger partial charge on any atom is 0.200 e. The van der Waals surface area contributed by atoms with Crippen LogP contribution in [0.5, 0.6) is 5.75 Å². The topological polar surface area (TPSA) is 26.3 Å². The average Bonchev–Trinajstić information content (AvgIpc) is 2.37. The molecule has 0 spiro atoms. The number of rotatable bonds is 4. The lowest BCUT2D eigenvalue weighted by atomic mass is 10.1. The normalized spacial score (nSPS) is 10.4. The summed E-state index contributed by atoms with van der Waals surface area (Å²) in [6, 6.07) is 11.2. The van der Waals surface area contributed by atoms with Gasteiger partial charge in [0, 0.05) is 10.0 Å². The second kappa shape index (κ2) is 6.87. The van der Waals surface area contributed by atoms with Crippen molar-refractivity contribution >= 4 is 53.6 Å². The van der Waals surface area contributed by atoms with E-state index >= 15 is 0 Å². The van der Waals surface area contributed by atoms with Gasteiger partial charge in [0.2, 0.25) is 0 Å². The third kappa shape index (κ3) is 3.71. The Hall–Kier alpha value is -0.650. The fourth-order valence-corrected chi connectivity index (χ4v) is 4.26. The van der Waals surface area contributed by atoms with E-state index in [2.05, 4.69) is 47.8 Å². The lowest BCUT2D eigenvalue weighted by Crippen LogP contribution is -2.13. The highest BCUT2D eigenvalue weighted by Crippen LogP contribution is 2.36. The monoisotopic (exact) mass is 460 g/mol. The predicted molar refractivity (Wildman–Crippen MR) is 90.5 cm³/mol. The quantitative estimate of drug-likeness (QED) is 0.557. The molecule has 0 saturated heterocycles. The van der Waals surface area contributed by atoms with Gasteiger partial charge in [0.1, 0.15) is 5.75 Å². The fourth-order valence-electron chi connectivity index (χ4n) is 1.77. The van der Waals surface area contributed by atoms with E-state index in [1.165, 1.54) is 0 Å². The van der Waals surface area contributed by atoms with Crippen molar-refractivity contribution in [3.63, 3.8) is 0 Å². The zero-order valence-corrected chi connectivity index (χ0v) is 15.4. The van der Waals surface area contributed by atoms with E-state index < -0.39 is 0 Å². The van der Waals surface area contributed by atoms with E-state index in [0.717, 1.165) is 19.0 Å². The van der Waals surface area contributed by atoms with E-state index in [-0.39, 0.29) is 12.4 Å². The molecule has 0 heterocycles. The van der Waals surface area contributed by atoms with Crippen LogP contribution in [0.1, 0.15) is 15.9 Å². The highest BCUT2D eigenvalue weighted by molar-refractivity contribution is 9.11. The van der Waals surface area contributed by atoms with Crippen molar-refractivity contribution in [2.45, 2.75) is 6.92 Å².